The van der Waals surface area contributed by atoms with Gasteiger partial charge in [-0.1, -0.05) is 48.5 Å². The van der Waals surface area contributed by atoms with Crippen molar-refractivity contribution in [3.63, 3.8) is 0 Å². The molecule has 1 nitrogen and oxygen atoms in total. The molecule has 2 aliphatic carbocycles. The van der Waals surface area contributed by atoms with Gasteiger partial charge in [-0.2, -0.15) is 0 Å². The van der Waals surface area contributed by atoms with Crippen LogP contribution in [0.25, 0.3) is 0 Å². The van der Waals surface area contributed by atoms with Crippen molar-refractivity contribution in [3.05, 3.63) is 70.8 Å². The Morgan fingerprint density at radius 2 is 1.33 bits per heavy atom. The fraction of sp³-hybridized carbons (Fsp3) is 0.188. The molecule has 0 fully saturated rings. The van der Waals surface area contributed by atoms with Gasteiger partial charge < -0.3 is 0 Å². The molecule has 3 atom stereocenters. The van der Waals surface area contributed by atoms with Crippen LogP contribution in [0.1, 0.15) is 38.9 Å². The smallest absolute Gasteiger partial charge is 0.172 e. The van der Waals surface area contributed by atoms with E-state index in [1.165, 1.54) is 5.56 Å². The van der Waals surface area contributed by atoms with E-state index in [1.54, 1.807) is 0 Å². The first-order valence-electron chi connectivity index (χ1n) is 6.15. The van der Waals surface area contributed by atoms with Crippen LogP contribution >= 0.6 is 11.6 Å². The van der Waals surface area contributed by atoms with Crippen molar-refractivity contribution in [3.8, 4) is 0 Å². The molecule has 18 heavy (non-hydrogen) atoms. The normalized spacial score (nSPS) is 27.8. The highest BCUT2D eigenvalue weighted by molar-refractivity contribution is 6.26. The second kappa shape index (κ2) is 3.46. The summed E-state index contributed by atoms with van der Waals surface area (Å²) < 4.78 is 0. The molecule has 0 heterocycles. The Bertz CT molecular complexity index is 662. The highest BCUT2D eigenvalue weighted by Gasteiger charge is 2.49. The van der Waals surface area contributed by atoms with Gasteiger partial charge in [0.05, 0.1) is 11.3 Å². The van der Waals surface area contributed by atoms with Crippen molar-refractivity contribution in [2.45, 2.75) is 17.2 Å². The average Bonchev–Trinajstić information content (AvgIpc) is 2.63. The van der Waals surface area contributed by atoms with E-state index in [0.717, 1.165) is 16.7 Å². The fourth-order valence-corrected chi connectivity index (χ4v) is 3.92. The monoisotopic (exact) mass is 254 g/mol. The minimum absolute atomic E-state index is 0.134. The Balaban J connectivity index is 2.07. The van der Waals surface area contributed by atoms with Crippen LogP contribution < -0.4 is 0 Å². The van der Waals surface area contributed by atoms with E-state index in [4.69, 9.17) is 11.6 Å². The van der Waals surface area contributed by atoms with Crippen LogP contribution in [-0.4, -0.2) is 11.2 Å². The maximum Gasteiger partial charge on any atom is 0.172 e. The van der Waals surface area contributed by atoms with Crippen LogP contribution in [-0.2, 0) is 0 Å². The van der Waals surface area contributed by atoms with Crippen molar-refractivity contribution in [1.29, 1.82) is 0 Å². The molecule has 3 unspecified atom stereocenters. The van der Waals surface area contributed by atoms with Gasteiger partial charge in [-0.3, -0.25) is 4.79 Å². The molecule has 88 valence electrons. The van der Waals surface area contributed by atoms with Gasteiger partial charge >= 0.3 is 0 Å². The van der Waals surface area contributed by atoms with Crippen molar-refractivity contribution >= 4 is 17.4 Å². The minimum Gasteiger partial charge on any atom is -0.293 e. The number of Topliss-reactive ketones (excluding diaryl/α,β-unsaturated/α-hetero) is 1. The molecule has 2 aliphatic rings. The zero-order valence-electron chi connectivity index (χ0n) is 9.64. The molecule has 0 N–H and O–H groups in total. The summed E-state index contributed by atoms with van der Waals surface area (Å²) in [5, 5.41) is -0.134. The standard InChI is InChI=1S/C16H11ClO/c17-15-13-9-5-1-2-6-10(9)14(15)16(18)12-8-4-3-7-11(12)13/h1-8,13-15H. The van der Waals surface area contributed by atoms with Crippen molar-refractivity contribution < 1.29 is 4.79 Å². The molecule has 0 aromatic heterocycles. The Morgan fingerprint density at radius 1 is 0.778 bits per heavy atom. The summed E-state index contributed by atoms with van der Waals surface area (Å²) in [4.78, 5) is 12.6. The van der Waals surface area contributed by atoms with Crippen LogP contribution in [0.5, 0.6) is 0 Å². The van der Waals surface area contributed by atoms with Gasteiger partial charge in [-0.05, 0) is 16.7 Å². The number of hydrogen-bond acceptors (Lipinski definition) is 1. The molecule has 0 amide bonds. The van der Waals surface area contributed by atoms with Gasteiger partial charge in [0.2, 0.25) is 0 Å². The van der Waals surface area contributed by atoms with E-state index in [9.17, 15) is 4.79 Å². The number of rotatable bonds is 0. The van der Waals surface area contributed by atoms with Gasteiger partial charge in [0.1, 0.15) is 0 Å². The summed E-state index contributed by atoms with van der Waals surface area (Å²) >= 11 is 6.55. The second-order valence-corrected chi connectivity index (χ2v) is 5.48. The topological polar surface area (TPSA) is 17.1 Å². The highest BCUT2D eigenvalue weighted by Crippen LogP contribution is 2.53. The molecule has 0 radical (unpaired) electrons. The highest BCUT2D eigenvalue weighted by atomic mass is 35.5. The van der Waals surface area contributed by atoms with E-state index in [1.807, 2.05) is 42.5 Å². The van der Waals surface area contributed by atoms with E-state index < -0.39 is 0 Å². The third kappa shape index (κ3) is 1.10. The van der Waals surface area contributed by atoms with E-state index >= 15 is 0 Å². The molecule has 2 heteroatoms. The zero-order valence-corrected chi connectivity index (χ0v) is 10.4. The maximum atomic E-state index is 12.6. The first-order valence-corrected chi connectivity index (χ1v) is 6.58. The average molecular weight is 255 g/mol. The maximum absolute atomic E-state index is 12.6. The number of carbonyl (C=O) groups is 1. The molecule has 0 aliphatic heterocycles. The second-order valence-electron chi connectivity index (χ2n) is 4.98. The molecule has 0 saturated carbocycles. The number of alkyl halides is 1. The molecule has 2 aromatic carbocycles. The lowest BCUT2D eigenvalue weighted by Gasteiger charge is -2.27. The van der Waals surface area contributed by atoms with Crippen LogP contribution in [0.4, 0.5) is 0 Å². The van der Waals surface area contributed by atoms with Gasteiger partial charge in [-0.25, -0.2) is 0 Å². The molecule has 0 saturated heterocycles. The van der Waals surface area contributed by atoms with Gasteiger partial charge in [0.25, 0.3) is 0 Å². The summed E-state index contributed by atoms with van der Waals surface area (Å²) in [7, 11) is 0. The summed E-state index contributed by atoms with van der Waals surface area (Å²) in [6, 6.07) is 16.0. The predicted octanol–water partition coefficient (Wildman–Crippen LogP) is 3.72. The summed E-state index contributed by atoms with van der Waals surface area (Å²) in [6.45, 7) is 0. The lowest BCUT2D eigenvalue weighted by Crippen LogP contribution is -2.28. The molecular weight excluding hydrogens is 244 g/mol. The van der Waals surface area contributed by atoms with E-state index in [2.05, 4.69) is 6.07 Å². The van der Waals surface area contributed by atoms with Gasteiger partial charge in [-0.15, -0.1) is 11.6 Å². The Morgan fingerprint density at radius 3 is 2.06 bits per heavy atom. The van der Waals surface area contributed by atoms with E-state index in [-0.39, 0.29) is 23.0 Å². The van der Waals surface area contributed by atoms with Crippen molar-refractivity contribution in [2.75, 3.05) is 0 Å². The lowest BCUT2D eigenvalue weighted by molar-refractivity contribution is 0.0952. The number of halogens is 1. The number of fused-ring (bicyclic) bond motifs is 7. The molecule has 0 spiro atoms. The molecule has 4 rings (SSSR count). The largest absolute Gasteiger partial charge is 0.293 e. The first kappa shape index (κ1) is 10.3. The SMILES string of the molecule is O=C1c2ccccc2C2c3ccccc3C1C2Cl. The third-order valence-electron chi connectivity index (χ3n) is 4.15. The van der Waals surface area contributed by atoms with Crippen molar-refractivity contribution in [2.24, 2.45) is 0 Å². The molecule has 2 bridgehead atoms. The molecule has 2 aromatic rings. The Kier molecular flexibility index (Phi) is 1.98. The predicted molar refractivity (Wildman–Crippen MR) is 71.4 cm³/mol. The number of benzene rings is 2. The third-order valence-corrected chi connectivity index (χ3v) is 4.65. The number of hydrogen-bond donors (Lipinski definition) is 0. The van der Waals surface area contributed by atoms with Crippen molar-refractivity contribution in [1.82, 2.24) is 0 Å². The fourth-order valence-electron chi connectivity index (χ4n) is 3.40. The van der Waals surface area contributed by atoms with Gasteiger partial charge in [0, 0.05) is 11.5 Å². The van der Waals surface area contributed by atoms with Crippen LogP contribution in [0.3, 0.4) is 0 Å². The quantitative estimate of drug-likeness (QED) is 0.655. The minimum atomic E-state index is -0.164. The van der Waals surface area contributed by atoms with Crippen LogP contribution in [0, 0.1) is 0 Å². The Labute approximate surface area is 110 Å². The number of ketones is 1. The Hall–Kier alpha value is -1.60. The van der Waals surface area contributed by atoms with Crippen LogP contribution in [0.2, 0.25) is 0 Å². The summed E-state index contributed by atoms with van der Waals surface area (Å²) in [5.41, 5.74) is 4.27. The zero-order chi connectivity index (χ0) is 12.3. The molecular formula is C16H11ClO. The first-order chi connectivity index (χ1) is 8.79. The summed E-state index contributed by atoms with van der Waals surface area (Å²) in [6.07, 6.45) is 0. The van der Waals surface area contributed by atoms with Gasteiger partial charge in [0.15, 0.2) is 5.78 Å². The number of carbonyl (C=O) groups excluding carboxylic acids is 1. The summed E-state index contributed by atoms with van der Waals surface area (Å²) in [5.74, 6) is 0.177. The lowest BCUT2D eigenvalue weighted by atomic mass is 9.80. The van der Waals surface area contributed by atoms with E-state index in [0.29, 0.717) is 0 Å². The van der Waals surface area contributed by atoms with Crippen LogP contribution in [0.15, 0.2) is 48.5 Å².